The van der Waals surface area contributed by atoms with Crippen LogP contribution in [0.1, 0.15) is 0 Å². The van der Waals surface area contributed by atoms with E-state index in [0.29, 0.717) is 23.3 Å². The molecule has 6 heteroatoms. The number of benzene rings is 7. The van der Waals surface area contributed by atoms with Crippen molar-refractivity contribution in [3.8, 4) is 79.2 Å². The maximum atomic E-state index is 5.11. The normalized spacial score (nSPS) is 11.3. The van der Waals surface area contributed by atoms with Gasteiger partial charge in [0.2, 0.25) is 0 Å². The topological polar surface area (TPSA) is 64.5 Å². The lowest BCUT2D eigenvalue weighted by Gasteiger charge is -2.11. The number of hydrogen-bond donors (Lipinski definition) is 0. The van der Waals surface area contributed by atoms with Gasteiger partial charge in [-0.3, -0.25) is 0 Å². The molecule has 0 bridgehead atoms. The summed E-state index contributed by atoms with van der Waals surface area (Å²) in [5.41, 5.74) is 9.96. The molecular formula is C49H31N5S. The number of aromatic nitrogens is 5. The fourth-order valence-corrected chi connectivity index (χ4v) is 8.37. The molecule has 0 saturated carbocycles. The van der Waals surface area contributed by atoms with Gasteiger partial charge in [-0.1, -0.05) is 170 Å². The van der Waals surface area contributed by atoms with Gasteiger partial charge in [-0.25, -0.2) is 24.9 Å². The molecule has 0 fully saturated rings. The Hall–Kier alpha value is -7.15. The Morgan fingerprint density at radius 1 is 0.309 bits per heavy atom. The smallest absolute Gasteiger partial charge is 0.164 e. The van der Waals surface area contributed by atoms with Crippen LogP contribution in [0.5, 0.6) is 0 Å². The van der Waals surface area contributed by atoms with E-state index in [1.54, 1.807) is 11.3 Å². The van der Waals surface area contributed by atoms with Crippen molar-refractivity contribution in [1.82, 2.24) is 24.9 Å². The van der Waals surface area contributed by atoms with Crippen molar-refractivity contribution in [1.29, 1.82) is 0 Å². The predicted molar refractivity (Wildman–Crippen MR) is 226 cm³/mol. The lowest BCUT2D eigenvalue weighted by molar-refractivity contribution is 1.08. The molecule has 10 aromatic rings. The minimum atomic E-state index is 0.646. The third-order valence-corrected chi connectivity index (χ3v) is 11.0. The van der Waals surface area contributed by atoms with E-state index in [2.05, 4.69) is 91.0 Å². The zero-order valence-corrected chi connectivity index (χ0v) is 30.4. The van der Waals surface area contributed by atoms with E-state index in [9.17, 15) is 0 Å². The third-order valence-electron chi connectivity index (χ3n) is 9.76. The Bertz CT molecular complexity index is 2850. The van der Waals surface area contributed by atoms with Gasteiger partial charge < -0.3 is 0 Å². The van der Waals surface area contributed by atoms with Crippen LogP contribution >= 0.6 is 11.3 Å². The number of nitrogens with zero attached hydrogens (tertiary/aromatic N) is 5. The first-order valence-electron chi connectivity index (χ1n) is 18.2. The first-order valence-corrected chi connectivity index (χ1v) is 19.0. The van der Waals surface area contributed by atoms with Crippen molar-refractivity contribution in [2.45, 2.75) is 0 Å². The fourth-order valence-electron chi connectivity index (χ4n) is 7.11. The van der Waals surface area contributed by atoms with Crippen LogP contribution in [0.4, 0.5) is 0 Å². The zero-order chi connectivity index (χ0) is 36.6. The molecule has 0 aliphatic rings. The Kier molecular flexibility index (Phi) is 8.28. The van der Waals surface area contributed by atoms with Crippen molar-refractivity contribution in [2.24, 2.45) is 0 Å². The van der Waals surface area contributed by atoms with Crippen LogP contribution in [0.25, 0.3) is 99.4 Å². The van der Waals surface area contributed by atoms with Gasteiger partial charge in [0.05, 0.1) is 11.4 Å². The molecule has 5 nitrogen and oxygen atoms in total. The average Bonchev–Trinajstić information content (AvgIpc) is 3.67. The second kappa shape index (κ2) is 14.0. The van der Waals surface area contributed by atoms with Gasteiger partial charge in [0.25, 0.3) is 0 Å². The monoisotopic (exact) mass is 721 g/mol. The minimum absolute atomic E-state index is 0.646. The van der Waals surface area contributed by atoms with E-state index in [-0.39, 0.29) is 0 Å². The fraction of sp³-hybridized carbons (Fsp3) is 0. The SMILES string of the molecule is c1ccc(-c2cc(-c3ccccc3)nc(-c3cccc(-c4cccc5c4sc4cccc(-c6nc(-c7ccccc7)nc(-c7ccccc7)n6)c45)c3)n2)cc1. The van der Waals surface area contributed by atoms with Gasteiger partial charge in [-0.05, 0) is 29.3 Å². The zero-order valence-electron chi connectivity index (χ0n) is 29.5. The van der Waals surface area contributed by atoms with E-state index in [0.717, 1.165) is 66.7 Å². The van der Waals surface area contributed by atoms with Crippen LogP contribution in [-0.4, -0.2) is 24.9 Å². The average molecular weight is 722 g/mol. The van der Waals surface area contributed by atoms with Gasteiger partial charge in [0.1, 0.15) is 0 Å². The molecule has 0 saturated heterocycles. The number of hydrogen-bond acceptors (Lipinski definition) is 6. The molecule has 0 N–H and O–H groups in total. The summed E-state index contributed by atoms with van der Waals surface area (Å²) in [4.78, 5) is 25.3. The summed E-state index contributed by atoms with van der Waals surface area (Å²) in [5, 5.41) is 2.30. The van der Waals surface area contributed by atoms with Crippen LogP contribution < -0.4 is 0 Å². The van der Waals surface area contributed by atoms with Crippen LogP contribution in [0.2, 0.25) is 0 Å². The highest BCUT2D eigenvalue weighted by Gasteiger charge is 2.19. The lowest BCUT2D eigenvalue weighted by Crippen LogP contribution is -2.00. The number of fused-ring (bicyclic) bond motifs is 3. The van der Waals surface area contributed by atoms with E-state index in [1.165, 1.54) is 9.40 Å². The molecule has 0 aliphatic carbocycles. The van der Waals surface area contributed by atoms with Gasteiger partial charge in [-0.2, -0.15) is 0 Å². The van der Waals surface area contributed by atoms with Crippen molar-refractivity contribution in [3.63, 3.8) is 0 Å². The van der Waals surface area contributed by atoms with E-state index >= 15 is 0 Å². The molecule has 10 rings (SSSR count). The molecule has 0 amide bonds. The highest BCUT2D eigenvalue weighted by atomic mass is 32.1. The maximum Gasteiger partial charge on any atom is 0.164 e. The summed E-state index contributed by atoms with van der Waals surface area (Å²) in [5.74, 6) is 2.63. The second-order valence-electron chi connectivity index (χ2n) is 13.3. The molecule has 7 aromatic carbocycles. The maximum absolute atomic E-state index is 5.11. The standard InChI is InChI=1S/C49H31N5S/c1-5-16-32(17-6-1)41-31-42(33-18-7-2-8-19-33)51-48(50-41)37-25-13-24-36(30-37)38-26-14-27-39-44-40(28-15-29-43(44)55-45(38)39)49-53-46(34-20-9-3-10-21-34)52-47(54-49)35-22-11-4-12-23-35/h1-31H. The van der Waals surface area contributed by atoms with Gasteiger partial charge in [0.15, 0.2) is 23.3 Å². The minimum Gasteiger partial charge on any atom is -0.228 e. The lowest BCUT2D eigenvalue weighted by atomic mass is 9.99. The highest BCUT2D eigenvalue weighted by molar-refractivity contribution is 7.26. The van der Waals surface area contributed by atoms with Gasteiger partial charge >= 0.3 is 0 Å². The Balaban J connectivity index is 1.12. The van der Waals surface area contributed by atoms with E-state index in [1.807, 2.05) is 97.1 Å². The summed E-state index contributed by atoms with van der Waals surface area (Å²) < 4.78 is 2.37. The number of rotatable bonds is 7. The van der Waals surface area contributed by atoms with Crippen LogP contribution in [0, 0.1) is 0 Å². The summed E-state index contributed by atoms with van der Waals surface area (Å²) in [6.45, 7) is 0. The van der Waals surface area contributed by atoms with Crippen molar-refractivity contribution in [2.75, 3.05) is 0 Å². The first kappa shape index (κ1) is 32.5. The summed E-state index contributed by atoms with van der Waals surface area (Å²) in [7, 11) is 0. The van der Waals surface area contributed by atoms with Crippen molar-refractivity contribution in [3.05, 3.63) is 188 Å². The molecule has 0 spiro atoms. The molecular weight excluding hydrogens is 691 g/mol. The van der Waals surface area contributed by atoms with Gasteiger partial charge in [0, 0.05) is 53.6 Å². The van der Waals surface area contributed by atoms with Crippen molar-refractivity contribution >= 4 is 31.5 Å². The van der Waals surface area contributed by atoms with E-state index in [4.69, 9.17) is 24.9 Å². The summed E-state index contributed by atoms with van der Waals surface area (Å²) in [6, 6.07) is 64.5. The Labute approximate surface area is 322 Å². The second-order valence-corrected chi connectivity index (χ2v) is 14.3. The molecule has 0 radical (unpaired) electrons. The Morgan fingerprint density at radius 2 is 0.764 bits per heavy atom. The highest BCUT2D eigenvalue weighted by Crippen LogP contribution is 2.44. The molecule has 55 heavy (non-hydrogen) atoms. The third kappa shape index (κ3) is 6.24. The van der Waals surface area contributed by atoms with Crippen molar-refractivity contribution < 1.29 is 0 Å². The van der Waals surface area contributed by atoms with Crippen LogP contribution in [0.3, 0.4) is 0 Å². The Morgan fingerprint density at radius 3 is 1.36 bits per heavy atom. The predicted octanol–water partition coefficient (Wildman–Crippen LogP) is 12.7. The first-order chi connectivity index (χ1) is 27.2. The van der Waals surface area contributed by atoms with Crippen LogP contribution in [-0.2, 0) is 0 Å². The molecule has 0 unspecified atom stereocenters. The number of thiophene rings is 1. The molecule has 0 atom stereocenters. The summed E-state index contributed by atoms with van der Waals surface area (Å²) in [6.07, 6.45) is 0. The van der Waals surface area contributed by atoms with E-state index < -0.39 is 0 Å². The molecule has 258 valence electrons. The molecule has 3 heterocycles. The quantitative estimate of drug-likeness (QED) is 0.164. The molecule has 0 aliphatic heterocycles. The van der Waals surface area contributed by atoms with Gasteiger partial charge in [-0.15, -0.1) is 11.3 Å². The van der Waals surface area contributed by atoms with Crippen LogP contribution in [0.15, 0.2) is 188 Å². The summed E-state index contributed by atoms with van der Waals surface area (Å²) >= 11 is 1.79. The molecule has 3 aromatic heterocycles. The largest absolute Gasteiger partial charge is 0.228 e.